The van der Waals surface area contributed by atoms with E-state index in [4.69, 9.17) is 9.15 Å². The van der Waals surface area contributed by atoms with Crippen LogP contribution in [0, 0.1) is 0 Å². The van der Waals surface area contributed by atoms with Crippen LogP contribution in [0.1, 0.15) is 16.8 Å². The number of amides is 1. The third kappa shape index (κ3) is 3.08. The molecule has 1 aliphatic heterocycles. The van der Waals surface area contributed by atoms with E-state index < -0.39 is 5.63 Å². The summed E-state index contributed by atoms with van der Waals surface area (Å²) in [6.45, 7) is 0.900. The van der Waals surface area contributed by atoms with Crippen LogP contribution in [-0.2, 0) is 0 Å². The second-order valence-electron chi connectivity index (χ2n) is 5.83. The summed E-state index contributed by atoms with van der Waals surface area (Å²) in [6.07, 6.45) is 2.06. The molecule has 0 radical (unpaired) electrons. The molecule has 1 aliphatic rings. The molecular weight excluding hydrogens is 322 g/mol. The van der Waals surface area contributed by atoms with Crippen molar-refractivity contribution in [1.29, 1.82) is 0 Å². The highest BCUT2D eigenvalue weighted by Crippen LogP contribution is 2.19. The number of nitrogens with zero attached hydrogens (tertiary/aromatic N) is 3. The monoisotopic (exact) mass is 337 g/mol. The summed E-state index contributed by atoms with van der Waals surface area (Å²) < 4.78 is 11.0. The fourth-order valence-electron chi connectivity index (χ4n) is 2.91. The van der Waals surface area contributed by atoms with Crippen molar-refractivity contribution in [1.82, 2.24) is 15.1 Å². The summed E-state index contributed by atoms with van der Waals surface area (Å²) >= 11 is 0. The number of likely N-dealkylation sites (tertiary alicyclic amines) is 1. The molecule has 126 valence electrons. The molecule has 0 bridgehead atoms. The highest BCUT2D eigenvalue weighted by Gasteiger charge is 2.30. The second kappa shape index (κ2) is 6.35. The van der Waals surface area contributed by atoms with Crippen LogP contribution in [0.5, 0.6) is 5.88 Å². The largest absolute Gasteiger partial charge is 0.471 e. The van der Waals surface area contributed by atoms with E-state index in [1.807, 2.05) is 6.07 Å². The Balaban J connectivity index is 1.52. The predicted molar refractivity (Wildman–Crippen MR) is 89.5 cm³/mol. The molecule has 1 fully saturated rings. The fourth-order valence-corrected chi connectivity index (χ4v) is 2.91. The molecule has 3 heterocycles. The van der Waals surface area contributed by atoms with E-state index in [1.165, 1.54) is 0 Å². The van der Waals surface area contributed by atoms with Gasteiger partial charge in [0.05, 0.1) is 6.54 Å². The van der Waals surface area contributed by atoms with Gasteiger partial charge in [0.15, 0.2) is 0 Å². The molecule has 0 N–H and O–H groups in total. The first-order valence-corrected chi connectivity index (χ1v) is 7.97. The molecule has 7 heteroatoms. The number of rotatable bonds is 3. The van der Waals surface area contributed by atoms with Gasteiger partial charge < -0.3 is 14.1 Å². The first-order valence-electron chi connectivity index (χ1n) is 7.97. The number of hydrogen-bond acceptors (Lipinski definition) is 6. The van der Waals surface area contributed by atoms with Gasteiger partial charge in [0, 0.05) is 30.6 Å². The first kappa shape index (κ1) is 15.3. The van der Waals surface area contributed by atoms with Crippen LogP contribution >= 0.6 is 0 Å². The van der Waals surface area contributed by atoms with Crippen LogP contribution in [0.25, 0.3) is 11.0 Å². The van der Waals surface area contributed by atoms with Crippen LogP contribution in [0.2, 0.25) is 0 Å². The summed E-state index contributed by atoms with van der Waals surface area (Å²) in [5, 5.41) is 8.36. The number of benzene rings is 1. The van der Waals surface area contributed by atoms with E-state index in [-0.39, 0.29) is 17.6 Å². The Morgan fingerprint density at radius 1 is 1.24 bits per heavy atom. The molecule has 7 nitrogen and oxygen atoms in total. The average Bonchev–Trinajstić information content (AvgIpc) is 3.10. The number of para-hydroxylation sites is 1. The fraction of sp³-hybridized carbons (Fsp3) is 0.222. The highest BCUT2D eigenvalue weighted by atomic mass is 16.5. The Morgan fingerprint density at radius 2 is 2.12 bits per heavy atom. The zero-order valence-electron chi connectivity index (χ0n) is 13.3. The van der Waals surface area contributed by atoms with Crippen LogP contribution < -0.4 is 10.4 Å². The lowest BCUT2D eigenvalue weighted by molar-refractivity contribution is 0.0767. The Morgan fingerprint density at radius 3 is 2.96 bits per heavy atom. The van der Waals surface area contributed by atoms with Gasteiger partial charge in [0.2, 0.25) is 5.88 Å². The molecule has 0 spiro atoms. The van der Waals surface area contributed by atoms with Crippen molar-refractivity contribution >= 4 is 16.9 Å². The van der Waals surface area contributed by atoms with Crippen molar-refractivity contribution in [2.24, 2.45) is 0 Å². The Bertz CT molecular complexity index is 971. The maximum Gasteiger partial charge on any atom is 0.349 e. The molecule has 0 aliphatic carbocycles. The standard InChI is InChI=1S/C18H15N3O4/c22-17(14-10-12-4-1-2-5-15(12)25-18(14)23)21-9-7-13(11-21)24-16-6-3-8-19-20-16/h1-6,8,10,13H,7,9,11H2. The van der Waals surface area contributed by atoms with E-state index in [0.717, 1.165) is 5.39 Å². The minimum Gasteiger partial charge on any atom is -0.471 e. The van der Waals surface area contributed by atoms with Crippen molar-refractivity contribution < 1.29 is 13.9 Å². The molecule has 1 amide bonds. The molecule has 1 atom stereocenters. The maximum atomic E-state index is 12.7. The Labute approximate surface area is 142 Å². The van der Waals surface area contributed by atoms with E-state index in [1.54, 1.807) is 47.5 Å². The van der Waals surface area contributed by atoms with Crippen molar-refractivity contribution in [2.45, 2.75) is 12.5 Å². The topological polar surface area (TPSA) is 85.5 Å². The highest BCUT2D eigenvalue weighted by molar-refractivity contribution is 5.96. The normalized spacial score (nSPS) is 17.0. The summed E-state index contributed by atoms with van der Waals surface area (Å²) in [5.41, 5.74) is -0.116. The van der Waals surface area contributed by atoms with E-state index >= 15 is 0 Å². The molecule has 1 aromatic carbocycles. The van der Waals surface area contributed by atoms with Gasteiger partial charge in [-0.05, 0) is 18.2 Å². The lowest BCUT2D eigenvalue weighted by Crippen LogP contribution is -2.33. The van der Waals surface area contributed by atoms with Crippen molar-refractivity contribution in [3.05, 3.63) is 64.6 Å². The van der Waals surface area contributed by atoms with Crippen LogP contribution in [-0.4, -0.2) is 40.2 Å². The number of hydrogen-bond donors (Lipinski definition) is 0. The summed E-state index contributed by atoms with van der Waals surface area (Å²) in [6, 6.07) is 12.2. The summed E-state index contributed by atoms with van der Waals surface area (Å²) in [4.78, 5) is 26.4. The SMILES string of the molecule is O=C(c1cc2ccccc2oc1=O)N1CCC(Oc2cccnn2)C1. The quantitative estimate of drug-likeness (QED) is 0.678. The van der Waals surface area contributed by atoms with Crippen LogP contribution in [0.3, 0.4) is 0 Å². The van der Waals surface area contributed by atoms with Crippen LogP contribution in [0.15, 0.2) is 57.9 Å². The lowest BCUT2D eigenvalue weighted by atomic mass is 10.1. The van der Waals surface area contributed by atoms with Gasteiger partial charge in [0.25, 0.3) is 5.91 Å². The molecule has 1 unspecified atom stereocenters. The summed E-state index contributed by atoms with van der Waals surface area (Å²) in [7, 11) is 0. The lowest BCUT2D eigenvalue weighted by Gasteiger charge is -2.16. The van der Waals surface area contributed by atoms with E-state index in [9.17, 15) is 9.59 Å². The van der Waals surface area contributed by atoms with Gasteiger partial charge in [0.1, 0.15) is 17.3 Å². The Hall–Kier alpha value is -3.22. The molecule has 2 aromatic heterocycles. The molecule has 25 heavy (non-hydrogen) atoms. The third-order valence-electron chi connectivity index (χ3n) is 4.14. The van der Waals surface area contributed by atoms with Crippen molar-refractivity contribution in [3.8, 4) is 5.88 Å². The zero-order valence-corrected chi connectivity index (χ0v) is 13.3. The van der Waals surface area contributed by atoms with Crippen LogP contribution in [0.4, 0.5) is 0 Å². The minimum atomic E-state index is -0.623. The van der Waals surface area contributed by atoms with Gasteiger partial charge >= 0.3 is 5.63 Å². The van der Waals surface area contributed by atoms with Gasteiger partial charge in [-0.3, -0.25) is 4.79 Å². The van der Waals surface area contributed by atoms with Gasteiger partial charge in [-0.1, -0.05) is 18.2 Å². The maximum absolute atomic E-state index is 12.7. The summed E-state index contributed by atoms with van der Waals surface area (Å²) in [5.74, 6) is 0.0803. The number of fused-ring (bicyclic) bond motifs is 1. The third-order valence-corrected chi connectivity index (χ3v) is 4.14. The van der Waals surface area contributed by atoms with Crippen molar-refractivity contribution in [3.63, 3.8) is 0 Å². The van der Waals surface area contributed by atoms with Gasteiger partial charge in [-0.15, -0.1) is 5.10 Å². The predicted octanol–water partition coefficient (Wildman–Crippen LogP) is 1.88. The number of carbonyl (C=O) groups excluding carboxylic acids is 1. The zero-order chi connectivity index (χ0) is 17.2. The second-order valence-corrected chi connectivity index (χ2v) is 5.83. The number of carbonyl (C=O) groups is 1. The molecule has 3 aromatic rings. The molecule has 1 saturated heterocycles. The Kier molecular flexibility index (Phi) is 3.89. The van der Waals surface area contributed by atoms with E-state index in [2.05, 4.69) is 10.2 Å². The number of aromatic nitrogens is 2. The van der Waals surface area contributed by atoms with E-state index in [0.29, 0.717) is 31.0 Å². The minimum absolute atomic E-state index is 0.0406. The molecule has 0 saturated carbocycles. The average molecular weight is 337 g/mol. The molecular formula is C18H15N3O4. The molecule has 4 rings (SSSR count). The number of ether oxygens (including phenoxy) is 1. The van der Waals surface area contributed by atoms with Gasteiger partial charge in [-0.25, -0.2) is 4.79 Å². The van der Waals surface area contributed by atoms with Crippen molar-refractivity contribution in [2.75, 3.05) is 13.1 Å². The van der Waals surface area contributed by atoms with Gasteiger partial charge in [-0.2, -0.15) is 5.10 Å². The first-order chi connectivity index (χ1) is 12.2. The smallest absolute Gasteiger partial charge is 0.349 e.